The zero-order valence-electron chi connectivity index (χ0n) is 12.1. The van der Waals surface area contributed by atoms with Crippen molar-refractivity contribution in [3.8, 4) is 10.6 Å². The van der Waals surface area contributed by atoms with Crippen molar-refractivity contribution in [2.45, 2.75) is 33.6 Å². The van der Waals surface area contributed by atoms with E-state index in [2.05, 4.69) is 31.0 Å². The van der Waals surface area contributed by atoms with Crippen molar-refractivity contribution in [2.75, 3.05) is 6.61 Å². The lowest BCUT2D eigenvalue weighted by molar-refractivity contribution is 0.0524. The fourth-order valence-electron chi connectivity index (χ4n) is 2.03. The van der Waals surface area contributed by atoms with Crippen LogP contribution in [0.2, 0.25) is 0 Å². The van der Waals surface area contributed by atoms with E-state index in [1.807, 2.05) is 19.1 Å². The molecule has 0 amide bonds. The molecule has 2 aromatic heterocycles. The molecule has 0 bridgehead atoms. The van der Waals surface area contributed by atoms with E-state index in [-0.39, 0.29) is 5.97 Å². The standard InChI is InChI=1S/C16H19NO2S/c1-4-6-13-12(16(18)19-5-2)8-9-14(17-13)15-10-7-11(3)20-15/h7-10H,4-6H2,1-3H3. The van der Waals surface area contributed by atoms with Crippen molar-refractivity contribution in [1.29, 1.82) is 0 Å². The van der Waals surface area contributed by atoms with Gasteiger partial charge >= 0.3 is 5.97 Å². The summed E-state index contributed by atoms with van der Waals surface area (Å²) in [4.78, 5) is 19.0. The van der Waals surface area contributed by atoms with Gasteiger partial charge in [0.1, 0.15) is 0 Å². The Hall–Kier alpha value is -1.68. The van der Waals surface area contributed by atoms with Crippen LogP contribution in [0.15, 0.2) is 24.3 Å². The summed E-state index contributed by atoms with van der Waals surface area (Å²) in [6.45, 7) is 6.36. The van der Waals surface area contributed by atoms with Crippen LogP contribution in [0.25, 0.3) is 10.6 Å². The van der Waals surface area contributed by atoms with Crippen LogP contribution in [0.1, 0.15) is 41.2 Å². The lowest BCUT2D eigenvalue weighted by atomic mass is 10.1. The summed E-state index contributed by atoms with van der Waals surface area (Å²) in [5, 5.41) is 0. The zero-order valence-corrected chi connectivity index (χ0v) is 12.9. The quantitative estimate of drug-likeness (QED) is 0.772. The highest BCUT2D eigenvalue weighted by Gasteiger charge is 2.15. The first-order valence-corrected chi connectivity index (χ1v) is 7.71. The van der Waals surface area contributed by atoms with Gasteiger partial charge in [-0.25, -0.2) is 4.79 Å². The topological polar surface area (TPSA) is 39.2 Å². The van der Waals surface area contributed by atoms with Gasteiger partial charge in [0.25, 0.3) is 0 Å². The van der Waals surface area contributed by atoms with E-state index in [1.54, 1.807) is 11.3 Å². The molecular formula is C16H19NO2S. The number of hydrogen-bond acceptors (Lipinski definition) is 4. The number of pyridine rings is 1. The van der Waals surface area contributed by atoms with Gasteiger partial charge in [-0.1, -0.05) is 13.3 Å². The van der Waals surface area contributed by atoms with E-state index >= 15 is 0 Å². The molecule has 0 saturated heterocycles. The summed E-state index contributed by atoms with van der Waals surface area (Å²) < 4.78 is 5.09. The summed E-state index contributed by atoms with van der Waals surface area (Å²) in [5.74, 6) is -0.280. The van der Waals surface area contributed by atoms with Crippen LogP contribution in [0.5, 0.6) is 0 Å². The molecule has 0 saturated carbocycles. The average molecular weight is 289 g/mol. The van der Waals surface area contributed by atoms with Gasteiger partial charge in [-0.15, -0.1) is 11.3 Å². The molecule has 0 N–H and O–H groups in total. The summed E-state index contributed by atoms with van der Waals surface area (Å²) in [6, 6.07) is 7.89. The molecule has 3 nitrogen and oxygen atoms in total. The number of aryl methyl sites for hydroxylation is 2. The van der Waals surface area contributed by atoms with Gasteiger partial charge in [0.15, 0.2) is 0 Å². The number of carbonyl (C=O) groups excluding carboxylic acids is 1. The summed E-state index contributed by atoms with van der Waals surface area (Å²) >= 11 is 1.71. The minimum Gasteiger partial charge on any atom is -0.462 e. The normalized spacial score (nSPS) is 10.6. The molecule has 0 fully saturated rings. The summed E-state index contributed by atoms with van der Waals surface area (Å²) in [6.07, 6.45) is 1.73. The maximum Gasteiger partial charge on any atom is 0.339 e. The molecule has 0 atom stereocenters. The van der Waals surface area contributed by atoms with Crippen molar-refractivity contribution in [3.05, 3.63) is 40.4 Å². The van der Waals surface area contributed by atoms with Gasteiger partial charge < -0.3 is 4.74 Å². The first-order chi connectivity index (χ1) is 9.65. The second-order valence-electron chi connectivity index (χ2n) is 4.57. The molecule has 20 heavy (non-hydrogen) atoms. The third-order valence-electron chi connectivity index (χ3n) is 2.95. The molecule has 2 aromatic rings. The van der Waals surface area contributed by atoms with Crippen molar-refractivity contribution in [1.82, 2.24) is 4.98 Å². The van der Waals surface area contributed by atoms with Crippen molar-refractivity contribution in [3.63, 3.8) is 0 Å². The van der Waals surface area contributed by atoms with Crippen LogP contribution < -0.4 is 0 Å². The fourth-order valence-corrected chi connectivity index (χ4v) is 2.87. The van der Waals surface area contributed by atoms with Crippen LogP contribution in [-0.4, -0.2) is 17.6 Å². The molecule has 0 aliphatic rings. The molecule has 0 aromatic carbocycles. The molecular weight excluding hydrogens is 270 g/mol. The molecule has 0 spiro atoms. The highest BCUT2D eigenvalue weighted by molar-refractivity contribution is 7.15. The van der Waals surface area contributed by atoms with Gasteiger partial charge in [-0.05, 0) is 44.5 Å². The van der Waals surface area contributed by atoms with E-state index in [4.69, 9.17) is 4.74 Å². The fraction of sp³-hybridized carbons (Fsp3) is 0.375. The predicted octanol–water partition coefficient (Wildman–Crippen LogP) is 4.25. The van der Waals surface area contributed by atoms with Gasteiger partial charge in [0, 0.05) is 4.88 Å². The highest BCUT2D eigenvalue weighted by Crippen LogP contribution is 2.27. The molecule has 0 unspecified atom stereocenters. The second kappa shape index (κ2) is 6.66. The van der Waals surface area contributed by atoms with Crippen LogP contribution in [0, 0.1) is 6.92 Å². The maximum absolute atomic E-state index is 11.9. The molecule has 106 valence electrons. The number of thiophene rings is 1. The van der Waals surface area contributed by atoms with E-state index < -0.39 is 0 Å². The average Bonchev–Trinajstić information content (AvgIpc) is 2.86. The van der Waals surface area contributed by atoms with Gasteiger partial charge in [0.2, 0.25) is 0 Å². The zero-order chi connectivity index (χ0) is 14.5. The van der Waals surface area contributed by atoms with Crippen LogP contribution in [0.4, 0.5) is 0 Å². The van der Waals surface area contributed by atoms with E-state index in [9.17, 15) is 4.79 Å². The number of nitrogens with zero attached hydrogens (tertiary/aromatic N) is 1. The van der Waals surface area contributed by atoms with E-state index in [0.29, 0.717) is 12.2 Å². The number of esters is 1. The Morgan fingerprint density at radius 1 is 1.25 bits per heavy atom. The third-order valence-corrected chi connectivity index (χ3v) is 3.97. The number of carbonyl (C=O) groups is 1. The summed E-state index contributed by atoms with van der Waals surface area (Å²) in [5.41, 5.74) is 2.35. The SMILES string of the molecule is CCCc1nc(-c2ccc(C)s2)ccc1C(=O)OCC. The first-order valence-electron chi connectivity index (χ1n) is 6.89. The first kappa shape index (κ1) is 14.7. The Bertz CT molecular complexity index is 604. The molecule has 2 rings (SSSR count). The predicted molar refractivity (Wildman–Crippen MR) is 82.2 cm³/mol. The molecule has 0 radical (unpaired) electrons. The number of aromatic nitrogens is 1. The van der Waals surface area contributed by atoms with E-state index in [1.165, 1.54) is 4.88 Å². The molecule has 0 aliphatic carbocycles. The Kier molecular flexibility index (Phi) is 4.90. The maximum atomic E-state index is 11.9. The van der Waals surface area contributed by atoms with Gasteiger partial charge in [-0.2, -0.15) is 0 Å². The second-order valence-corrected chi connectivity index (χ2v) is 5.86. The monoisotopic (exact) mass is 289 g/mol. The number of rotatable bonds is 5. The van der Waals surface area contributed by atoms with Crippen LogP contribution >= 0.6 is 11.3 Å². The van der Waals surface area contributed by atoms with Crippen LogP contribution in [0.3, 0.4) is 0 Å². The Balaban J connectivity index is 2.39. The van der Waals surface area contributed by atoms with Crippen molar-refractivity contribution >= 4 is 17.3 Å². The van der Waals surface area contributed by atoms with Gasteiger partial charge in [-0.3, -0.25) is 4.98 Å². The number of ether oxygens (including phenoxy) is 1. The van der Waals surface area contributed by atoms with Gasteiger partial charge in [0.05, 0.1) is 28.4 Å². The highest BCUT2D eigenvalue weighted by atomic mass is 32.1. The molecule has 4 heteroatoms. The largest absolute Gasteiger partial charge is 0.462 e. The lowest BCUT2D eigenvalue weighted by Crippen LogP contribution is -2.10. The van der Waals surface area contributed by atoms with Crippen LogP contribution in [-0.2, 0) is 11.2 Å². The Labute approximate surface area is 123 Å². The molecule has 2 heterocycles. The van der Waals surface area contributed by atoms with Crippen molar-refractivity contribution < 1.29 is 9.53 Å². The summed E-state index contributed by atoms with van der Waals surface area (Å²) in [7, 11) is 0. The minimum atomic E-state index is -0.280. The van der Waals surface area contributed by atoms with Crippen molar-refractivity contribution in [2.24, 2.45) is 0 Å². The van der Waals surface area contributed by atoms with E-state index in [0.717, 1.165) is 29.1 Å². The lowest BCUT2D eigenvalue weighted by Gasteiger charge is -2.09. The smallest absolute Gasteiger partial charge is 0.339 e. The number of hydrogen-bond donors (Lipinski definition) is 0. The molecule has 0 aliphatic heterocycles. The third kappa shape index (κ3) is 3.25. The Morgan fingerprint density at radius 3 is 2.65 bits per heavy atom. The minimum absolute atomic E-state index is 0.280. The Morgan fingerprint density at radius 2 is 2.05 bits per heavy atom.